The van der Waals surface area contributed by atoms with Crippen molar-refractivity contribution in [1.82, 2.24) is 25.0 Å². The van der Waals surface area contributed by atoms with E-state index in [0.29, 0.717) is 6.54 Å². The monoisotopic (exact) mass is 471 g/mol. The van der Waals surface area contributed by atoms with Gasteiger partial charge in [-0.1, -0.05) is 12.1 Å². The molecule has 3 rings (SSSR count). The molecule has 1 aromatic carbocycles. The lowest BCUT2D eigenvalue weighted by Gasteiger charge is -2.38. The maximum atomic E-state index is 5.48. The van der Waals surface area contributed by atoms with Gasteiger partial charge in [0.25, 0.3) is 0 Å². The zero-order valence-corrected chi connectivity index (χ0v) is 17.8. The normalized spacial score (nSPS) is 14.8. The van der Waals surface area contributed by atoms with Gasteiger partial charge in [0.1, 0.15) is 17.9 Å². The smallest absolute Gasteiger partial charge is 0.194 e. The zero-order chi connectivity index (χ0) is 17.6. The van der Waals surface area contributed by atoms with E-state index in [9.17, 15) is 0 Å². The lowest BCUT2D eigenvalue weighted by molar-refractivity contribution is 0.366. The number of benzene rings is 1. The van der Waals surface area contributed by atoms with Crippen LogP contribution in [-0.4, -0.2) is 66.0 Å². The first-order valence-electron chi connectivity index (χ1n) is 8.39. The summed E-state index contributed by atoms with van der Waals surface area (Å²) in [5, 5.41) is 7.46. The van der Waals surface area contributed by atoms with Gasteiger partial charge in [-0.25, -0.2) is 4.98 Å². The van der Waals surface area contributed by atoms with Crippen LogP contribution in [-0.2, 0) is 13.6 Å². The van der Waals surface area contributed by atoms with Gasteiger partial charge < -0.3 is 19.9 Å². The number of anilines is 1. The Labute approximate surface area is 171 Å². The number of ether oxygens (including phenoxy) is 1. The molecular weight excluding hydrogens is 445 g/mol. The summed E-state index contributed by atoms with van der Waals surface area (Å²) in [5.41, 5.74) is 1.15. The molecule has 1 saturated heterocycles. The van der Waals surface area contributed by atoms with E-state index < -0.39 is 0 Å². The minimum Gasteiger partial charge on any atom is -0.495 e. The van der Waals surface area contributed by atoms with Gasteiger partial charge in [-0.05, 0) is 12.1 Å². The molecule has 9 heteroatoms. The number of halogens is 1. The fourth-order valence-corrected chi connectivity index (χ4v) is 3.02. The van der Waals surface area contributed by atoms with Crippen molar-refractivity contribution in [2.45, 2.75) is 6.54 Å². The van der Waals surface area contributed by atoms with Crippen molar-refractivity contribution in [1.29, 1.82) is 0 Å². The first-order chi connectivity index (χ1) is 12.2. The van der Waals surface area contributed by atoms with Crippen molar-refractivity contribution in [2.24, 2.45) is 12.0 Å². The predicted octanol–water partition coefficient (Wildman–Crippen LogP) is 1.34. The molecule has 0 spiro atoms. The highest BCUT2D eigenvalue weighted by atomic mass is 127. The molecule has 0 bridgehead atoms. The van der Waals surface area contributed by atoms with Crippen LogP contribution in [0.15, 0.2) is 35.6 Å². The number of methoxy groups -OCH3 is 1. The molecule has 0 atom stereocenters. The number of nitrogens with one attached hydrogen (secondary N) is 1. The molecule has 142 valence electrons. The molecule has 1 aliphatic heterocycles. The number of nitrogens with zero attached hydrogens (tertiary/aromatic N) is 6. The Balaban J connectivity index is 0.00000243. The van der Waals surface area contributed by atoms with Gasteiger partial charge in [0.2, 0.25) is 0 Å². The Kier molecular flexibility index (Phi) is 7.49. The summed E-state index contributed by atoms with van der Waals surface area (Å²) in [6, 6.07) is 8.15. The summed E-state index contributed by atoms with van der Waals surface area (Å²) in [6.07, 6.45) is 1.56. The Morgan fingerprint density at radius 1 is 1.23 bits per heavy atom. The van der Waals surface area contributed by atoms with Crippen LogP contribution in [0.5, 0.6) is 5.75 Å². The molecule has 8 nitrogen and oxygen atoms in total. The van der Waals surface area contributed by atoms with Crippen molar-refractivity contribution < 1.29 is 4.74 Å². The minimum absolute atomic E-state index is 0. The van der Waals surface area contributed by atoms with Crippen LogP contribution in [0.1, 0.15) is 5.82 Å². The first-order valence-corrected chi connectivity index (χ1v) is 8.39. The summed E-state index contributed by atoms with van der Waals surface area (Å²) in [7, 11) is 5.41. The Morgan fingerprint density at radius 2 is 1.96 bits per heavy atom. The number of guanidine groups is 1. The molecule has 0 saturated carbocycles. The van der Waals surface area contributed by atoms with E-state index in [1.165, 1.54) is 0 Å². The number of aromatic nitrogens is 3. The number of para-hydroxylation sites is 2. The fourth-order valence-electron chi connectivity index (χ4n) is 3.02. The third-order valence-electron chi connectivity index (χ3n) is 4.43. The van der Waals surface area contributed by atoms with Crippen molar-refractivity contribution in [2.75, 3.05) is 45.2 Å². The standard InChI is InChI=1S/C17H25N7O.HI/c1-18-17(19-12-16-20-13-21-22(16)2)24-10-8-23(9-11-24)14-6-4-5-7-15(14)25-3;/h4-7,13H,8-12H2,1-3H3,(H,18,19);1H. The molecule has 0 radical (unpaired) electrons. The number of aryl methyl sites for hydroxylation is 1. The summed E-state index contributed by atoms with van der Waals surface area (Å²) >= 11 is 0. The van der Waals surface area contributed by atoms with Crippen LogP contribution in [0.2, 0.25) is 0 Å². The lowest BCUT2D eigenvalue weighted by Crippen LogP contribution is -2.52. The molecule has 1 N–H and O–H groups in total. The molecule has 2 heterocycles. The third kappa shape index (κ3) is 4.57. The van der Waals surface area contributed by atoms with E-state index in [1.807, 2.05) is 32.3 Å². The van der Waals surface area contributed by atoms with Gasteiger partial charge in [-0.2, -0.15) is 5.10 Å². The molecule has 1 aliphatic rings. The van der Waals surface area contributed by atoms with E-state index in [2.05, 4.69) is 36.3 Å². The van der Waals surface area contributed by atoms with E-state index in [1.54, 1.807) is 18.1 Å². The topological polar surface area (TPSA) is 70.8 Å². The molecular formula is C17H26IN7O. The molecule has 0 amide bonds. The van der Waals surface area contributed by atoms with E-state index >= 15 is 0 Å². The number of piperazine rings is 1. The van der Waals surface area contributed by atoms with Crippen molar-refractivity contribution in [3.05, 3.63) is 36.4 Å². The van der Waals surface area contributed by atoms with Crippen LogP contribution in [0.4, 0.5) is 5.69 Å². The SMILES string of the molecule is CN=C(NCc1ncnn1C)N1CCN(c2ccccc2OC)CC1.I. The summed E-state index contributed by atoms with van der Waals surface area (Å²) < 4.78 is 7.24. The van der Waals surface area contributed by atoms with Gasteiger partial charge in [0.05, 0.1) is 19.3 Å². The van der Waals surface area contributed by atoms with Crippen molar-refractivity contribution >= 4 is 35.6 Å². The van der Waals surface area contributed by atoms with Gasteiger partial charge >= 0.3 is 0 Å². The second-order valence-electron chi connectivity index (χ2n) is 5.85. The fraction of sp³-hybridized carbons (Fsp3) is 0.471. The number of rotatable bonds is 4. The lowest BCUT2D eigenvalue weighted by atomic mass is 10.2. The van der Waals surface area contributed by atoms with Gasteiger partial charge in [0, 0.05) is 40.3 Å². The second kappa shape index (κ2) is 9.60. The minimum atomic E-state index is 0. The summed E-state index contributed by atoms with van der Waals surface area (Å²) in [5.74, 6) is 2.69. The van der Waals surface area contributed by atoms with Gasteiger partial charge in [0.15, 0.2) is 5.96 Å². The van der Waals surface area contributed by atoms with Crippen molar-refractivity contribution in [3.8, 4) is 5.75 Å². The first kappa shape index (κ1) is 20.3. The largest absolute Gasteiger partial charge is 0.495 e. The molecule has 2 aromatic rings. The number of hydrogen-bond acceptors (Lipinski definition) is 5. The molecule has 0 unspecified atom stereocenters. The summed E-state index contributed by atoms with van der Waals surface area (Å²) in [4.78, 5) is 13.3. The Hall–Kier alpha value is -2.04. The highest BCUT2D eigenvalue weighted by molar-refractivity contribution is 14.0. The average molecular weight is 471 g/mol. The molecule has 0 aliphatic carbocycles. The maximum absolute atomic E-state index is 5.48. The highest BCUT2D eigenvalue weighted by Crippen LogP contribution is 2.28. The third-order valence-corrected chi connectivity index (χ3v) is 4.43. The van der Waals surface area contributed by atoms with E-state index in [-0.39, 0.29) is 24.0 Å². The Morgan fingerprint density at radius 3 is 2.58 bits per heavy atom. The summed E-state index contributed by atoms with van der Waals surface area (Å²) in [6.45, 7) is 4.25. The van der Waals surface area contributed by atoms with Crippen LogP contribution in [0.25, 0.3) is 0 Å². The zero-order valence-electron chi connectivity index (χ0n) is 15.4. The average Bonchev–Trinajstić information content (AvgIpc) is 3.07. The van der Waals surface area contributed by atoms with Crippen LogP contribution >= 0.6 is 24.0 Å². The van der Waals surface area contributed by atoms with Crippen LogP contribution in [0, 0.1) is 0 Å². The highest BCUT2D eigenvalue weighted by Gasteiger charge is 2.21. The van der Waals surface area contributed by atoms with Crippen LogP contribution < -0.4 is 15.0 Å². The maximum Gasteiger partial charge on any atom is 0.194 e. The van der Waals surface area contributed by atoms with Crippen molar-refractivity contribution in [3.63, 3.8) is 0 Å². The van der Waals surface area contributed by atoms with E-state index in [0.717, 1.165) is 49.4 Å². The molecule has 26 heavy (non-hydrogen) atoms. The quantitative estimate of drug-likeness (QED) is 0.413. The van der Waals surface area contributed by atoms with Crippen LogP contribution in [0.3, 0.4) is 0 Å². The van der Waals surface area contributed by atoms with Gasteiger partial charge in [-0.15, -0.1) is 24.0 Å². The second-order valence-corrected chi connectivity index (χ2v) is 5.85. The van der Waals surface area contributed by atoms with Gasteiger partial charge in [-0.3, -0.25) is 9.67 Å². The molecule has 1 fully saturated rings. The number of aliphatic imine (C=N–C) groups is 1. The molecule has 1 aromatic heterocycles. The number of hydrogen-bond donors (Lipinski definition) is 1. The predicted molar refractivity (Wildman–Crippen MR) is 113 cm³/mol. The Bertz CT molecular complexity index is 725. The van der Waals surface area contributed by atoms with E-state index in [4.69, 9.17) is 4.74 Å².